The minimum Gasteiger partial charge on any atom is -0.302 e. The number of hydrogen-bond acceptors (Lipinski definition) is 2. The van der Waals surface area contributed by atoms with Crippen molar-refractivity contribution in [1.82, 2.24) is 4.90 Å². The summed E-state index contributed by atoms with van der Waals surface area (Å²) in [5.74, 6) is 1.84. The molecule has 2 heteroatoms. The topological polar surface area (TPSA) is 20.3 Å². The molecule has 2 aliphatic carbocycles. The average Bonchev–Trinajstić information content (AvgIpc) is 3.06. The van der Waals surface area contributed by atoms with Gasteiger partial charge in [0.15, 0.2) is 0 Å². The molecule has 2 aliphatic rings. The van der Waals surface area contributed by atoms with Gasteiger partial charge in [0.05, 0.1) is 0 Å². The van der Waals surface area contributed by atoms with E-state index in [1.807, 2.05) is 0 Å². The van der Waals surface area contributed by atoms with Crippen LogP contribution in [-0.4, -0.2) is 30.3 Å². The zero-order valence-electron chi connectivity index (χ0n) is 10.6. The number of hydrogen-bond donors (Lipinski definition) is 0. The van der Waals surface area contributed by atoms with Crippen molar-refractivity contribution in [3.63, 3.8) is 0 Å². The van der Waals surface area contributed by atoms with Gasteiger partial charge in [-0.05, 0) is 44.6 Å². The highest BCUT2D eigenvalue weighted by molar-refractivity contribution is 5.81. The summed E-state index contributed by atoms with van der Waals surface area (Å²) in [5.41, 5.74) is 0. The van der Waals surface area contributed by atoms with E-state index in [-0.39, 0.29) is 0 Å². The number of nitrogens with zero attached hydrogens (tertiary/aromatic N) is 1. The Kier molecular flexibility index (Phi) is 4.39. The van der Waals surface area contributed by atoms with Crippen molar-refractivity contribution in [2.75, 3.05) is 19.6 Å². The molecule has 0 spiro atoms. The molecule has 0 aliphatic heterocycles. The van der Waals surface area contributed by atoms with Crippen LogP contribution in [0, 0.1) is 11.8 Å². The lowest BCUT2D eigenvalue weighted by Crippen LogP contribution is -2.36. The Morgan fingerprint density at radius 2 is 2.00 bits per heavy atom. The third-order valence-corrected chi connectivity index (χ3v) is 3.91. The normalized spacial score (nSPS) is 26.4. The second-order valence-corrected chi connectivity index (χ2v) is 5.61. The lowest BCUT2D eigenvalue weighted by atomic mass is 9.87. The standard InChI is InChI=1S/C14H25NO/c1-2-9-15(10-12-7-8-12)11-13-5-3-4-6-14(13)16/h12-13H,2-11H2,1H3. The van der Waals surface area contributed by atoms with Gasteiger partial charge in [-0.1, -0.05) is 13.3 Å². The Hall–Kier alpha value is -0.370. The van der Waals surface area contributed by atoms with Gasteiger partial charge in [-0.2, -0.15) is 0 Å². The van der Waals surface area contributed by atoms with Gasteiger partial charge in [0.25, 0.3) is 0 Å². The van der Waals surface area contributed by atoms with Gasteiger partial charge in [-0.3, -0.25) is 4.79 Å². The lowest BCUT2D eigenvalue weighted by molar-refractivity contribution is -0.125. The molecule has 0 N–H and O–H groups in total. The molecule has 2 rings (SSSR count). The summed E-state index contributed by atoms with van der Waals surface area (Å²) in [6.45, 7) is 5.71. The minimum atomic E-state index is 0.360. The van der Waals surface area contributed by atoms with Gasteiger partial charge >= 0.3 is 0 Å². The first-order valence-electron chi connectivity index (χ1n) is 7.04. The van der Waals surface area contributed by atoms with Gasteiger partial charge < -0.3 is 4.90 Å². The molecule has 2 saturated carbocycles. The van der Waals surface area contributed by atoms with Gasteiger partial charge in [0.2, 0.25) is 0 Å². The summed E-state index contributed by atoms with van der Waals surface area (Å²) in [4.78, 5) is 14.4. The number of rotatable bonds is 6. The highest BCUT2D eigenvalue weighted by Gasteiger charge is 2.28. The van der Waals surface area contributed by atoms with Crippen LogP contribution in [0.25, 0.3) is 0 Å². The SMILES string of the molecule is CCCN(CC1CC1)CC1CCCCC1=O. The van der Waals surface area contributed by atoms with Crippen molar-refractivity contribution < 1.29 is 4.79 Å². The number of carbonyl (C=O) groups excluding carboxylic acids is 1. The predicted octanol–water partition coefficient (Wildman–Crippen LogP) is 2.87. The molecule has 0 aromatic carbocycles. The smallest absolute Gasteiger partial charge is 0.137 e. The van der Waals surface area contributed by atoms with Gasteiger partial charge in [0.1, 0.15) is 5.78 Å². The third-order valence-electron chi connectivity index (χ3n) is 3.91. The van der Waals surface area contributed by atoms with E-state index in [0.717, 1.165) is 31.7 Å². The molecule has 0 amide bonds. The van der Waals surface area contributed by atoms with Crippen LogP contribution in [0.3, 0.4) is 0 Å². The Balaban J connectivity index is 1.79. The van der Waals surface area contributed by atoms with E-state index in [1.54, 1.807) is 0 Å². The van der Waals surface area contributed by atoms with E-state index in [2.05, 4.69) is 11.8 Å². The third kappa shape index (κ3) is 3.58. The molecule has 1 atom stereocenters. The second-order valence-electron chi connectivity index (χ2n) is 5.61. The van der Waals surface area contributed by atoms with Crippen LogP contribution in [0.2, 0.25) is 0 Å². The number of carbonyl (C=O) groups is 1. The molecule has 0 saturated heterocycles. The maximum absolute atomic E-state index is 11.8. The van der Waals surface area contributed by atoms with E-state index in [0.29, 0.717) is 11.7 Å². The van der Waals surface area contributed by atoms with E-state index in [1.165, 1.54) is 38.8 Å². The average molecular weight is 223 g/mol. The molecule has 0 bridgehead atoms. The second kappa shape index (κ2) is 5.81. The van der Waals surface area contributed by atoms with Crippen molar-refractivity contribution in [3.8, 4) is 0 Å². The van der Waals surface area contributed by atoms with Crippen LogP contribution in [0.5, 0.6) is 0 Å². The van der Waals surface area contributed by atoms with Gasteiger partial charge in [-0.15, -0.1) is 0 Å². The molecule has 92 valence electrons. The van der Waals surface area contributed by atoms with Crippen LogP contribution in [0.15, 0.2) is 0 Å². The van der Waals surface area contributed by atoms with Crippen molar-refractivity contribution in [2.45, 2.75) is 51.9 Å². The summed E-state index contributed by atoms with van der Waals surface area (Å²) in [7, 11) is 0. The summed E-state index contributed by atoms with van der Waals surface area (Å²) >= 11 is 0. The molecular formula is C14H25NO. The fourth-order valence-corrected chi connectivity index (χ4v) is 2.80. The maximum atomic E-state index is 11.8. The molecule has 0 radical (unpaired) electrons. The molecule has 2 fully saturated rings. The van der Waals surface area contributed by atoms with Crippen LogP contribution in [-0.2, 0) is 4.79 Å². The van der Waals surface area contributed by atoms with Crippen molar-refractivity contribution in [3.05, 3.63) is 0 Å². The highest BCUT2D eigenvalue weighted by Crippen LogP contribution is 2.30. The summed E-state index contributed by atoms with van der Waals surface area (Å²) in [5, 5.41) is 0. The van der Waals surface area contributed by atoms with Crippen LogP contribution in [0.4, 0.5) is 0 Å². The monoisotopic (exact) mass is 223 g/mol. The van der Waals surface area contributed by atoms with Gasteiger partial charge in [0, 0.05) is 25.4 Å². The fraction of sp³-hybridized carbons (Fsp3) is 0.929. The Bertz CT molecular complexity index is 235. The molecule has 0 aromatic rings. The summed E-state index contributed by atoms with van der Waals surface area (Å²) in [6, 6.07) is 0. The molecule has 0 heterocycles. The first-order valence-corrected chi connectivity index (χ1v) is 7.04. The lowest BCUT2D eigenvalue weighted by Gasteiger charge is -2.28. The van der Waals surface area contributed by atoms with Crippen LogP contribution >= 0.6 is 0 Å². The predicted molar refractivity (Wildman–Crippen MR) is 66.4 cm³/mol. The molecular weight excluding hydrogens is 198 g/mol. The Labute approximate surface area is 99.4 Å². The quantitative estimate of drug-likeness (QED) is 0.690. The van der Waals surface area contributed by atoms with Crippen LogP contribution < -0.4 is 0 Å². The van der Waals surface area contributed by atoms with Crippen molar-refractivity contribution in [2.24, 2.45) is 11.8 Å². The van der Waals surface area contributed by atoms with Crippen molar-refractivity contribution >= 4 is 5.78 Å². The minimum absolute atomic E-state index is 0.360. The molecule has 1 unspecified atom stereocenters. The summed E-state index contributed by atoms with van der Waals surface area (Å²) < 4.78 is 0. The van der Waals surface area contributed by atoms with Crippen molar-refractivity contribution in [1.29, 1.82) is 0 Å². The van der Waals surface area contributed by atoms with Gasteiger partial charge in [-0.25, -0.2) is 0 Å². The summed E-state index contributed by atoms with van der Waals surface area (Å²) in [6.07, 6.45) is 8.43. The van der Waals surface area contributed by atoms with E-state index < -0.39 is 0 Å². The van der Waals surface area contributed by atoms with E-state index in [9.17, 15) is 4.79 Å². The zero-order chi connectivity index (χ0) is 11.4. The Morgan fingerprint density at radius 1 is 1.19 bits per heavy atom. The molecule has 0 aromatic heterocycles. The number of Topliss-reactive ketones (excluding diaryl/α,β-unsaturated/α-hetero) is 1. The fourth-order valence-electron chi connectivity index (χ4n) is 2.80. The highest BCUT2D eigenvalue weighted by atomic mass is 16.1. The number of ketones is 1. The van der Waals surface area contributed by atoms with E-state index in [4.69, 9.17) is 0 Å². The Morgan fingerprint density at radius 3 is 2.62 bits per heavy atom. The van der Waals surface area contributed by atoms with E-state index >= 15 is 0 Å². The zero-order valence-corrected chi connectivity index (χ0v) is 10.6. The maximum Gasteiger partial charge on any atom is 0.137 e. The molecule has 16 heavy (non-hydrogen) atoms. The largest absolute Gasteiger partial charge is 0.302 e. The first kappa shape index (κ1) is 12.1. The first-order chi connectivity index (χ1) is 7.79. The van der Waals surface area contributed by atoms with Crippen LogP contribution in [0.1, 0.15) is 51.9 Å². The molecule has 2 nitrogen and oxygen atoms in total.